The Balaban J connectivity index is 1.40. The number of hydrogen-bond donors (Lipinski definition) is 0. The Morgan fingerprint density at radius 3 is 2.57 bits per heavy atom. The number of benzene rings is 2. The van der Waals surface area contributed by atoms with E-state index in [0.717, 1.165) is 49.3 Å². The fraction of sp³-hybridized carbons (Fsp3) is 0.452. The summed E-state index contributed by atoms with van der Waals surface area (Å²) in [6.45, 7) is 9.78. The van der Waals surface area contributed by atoms with E-state index in [0.29, 0.717) is 31.4 Å². The normalized spacial score (nSPS) is 17.8. The maximum absolute atomic E-state index is 13.5. The van der Waals surface area contributed by atoms with Gasteiger partial charge in [-0.2, -0.15) is 0 Å². The molecule has 0 aromatic heterocycles. The van der Waals surface area contributed by atoms with E-state index in [2.05, 4.69) is 25.6 Å². The monoisotopic (exact) mass is 505 g/mol. The first kappa shape index (κ1) is 27.0. The average Bonchev–Trinajstić information content (AvgIpc) is 3.79. The number of anilines is 1. The maximum atomic E-state index is 13.5. The Morgan fingerprint density at radius 1 is 1.11 bits per heavy atom. The fourth-order valence-corrected chi connectivity index (χ4v) is 4.47. The molecule has 198 valence electrons. The molecule has 6 heteroatoms. The molecule has 2 fully saturated rings. The minimum absolute atomic E-state index is 0.122. The van der Waals surface area contributed by atoms with Gasteiger partial charge < -0.3 is 23.8 Å². The van der Waals surface area contributed by atoms with Crippen LogP contribution < -0.4 is 14.4 Å². The predicted octanol–water partition coefficient (Wildman–Crippen LogP) is 6.55. The van der Waals surface area contributed by atoms with Gasteiger partial charge in [0, 0.05) is 18.8 Å². The third kappa shape index (κ3) is 7.46. The van der Waals surface area contributed by atoms with E-state index in [4.69, 9.17) is 18.9 Å². The summed E-state index contributed by atoms with van der Waals surface area (Å²) in [7, 11) is 0. The van der Waals surface area contributed by atoms with Gasteiger partial charge in [0.15, 0.2) is 12.0 Å². The molecule has 1 aliphatic heterocycles. The number of carbonyl (C=O) groups excluding carboxylic acids is 1. The highest BCUT2D eigenvalue weighted by Crippen LogP contribution is 2.40. The molecule has 1 amide bonds. The van der Waals surface area contributed by atoms with Crippen molar-refractivity contribution in [1.82, 2.24) is 0 Å². The van der Waals surface area contributed by atoms with E-state index in [1.165, 1.54) is 18.4 Å². The third-order valence-corrected chi connectivity index (χ3v) is 6.71. The topological polar surface area (TPSA) is 57.2 Å². The summed E-state index contributed by atoms with van der Waals surface area (Å²) in [4.78, 5) is 15.2. The molecular formula is C31H39NO5. The highest BCUT2D eigenvalue weighted by molar-refractivity contribution is 6.04. The Morgan fingerprint density at radius 2 is 1.92 bits per heavy atom. The molecule has 1 unspecified atom stereocenters. The first-order chi connectivity index (χ1) is 18.1. The molecule has 2 aromatic rings. The van der Waals surface area contributed by atoms with Gasteiger partial charge in [0.1, 0.15) is 18.1 Å². The SMILES string of the molecule is C=CCN(C(=O)C(=CC)Oc1ccc(C2CC2)cc1)c1ccc(OCCOC2CCCCO2)c(CC)c1. The summed E-state index contributed by atoms with van der Waals surface area (Å²) < 4.78 is 23.4. The molecule has 2 aliphatic rings. The molecule has 1 saturated heterocycles. The average molecular weight is 506 g/mol. The molecule has 2 aromatic carbocycles. The van der Waals surface area contributed by atoms with Gasteiger partial charge in [0.25, 0.3) is 5.91 Å². The number of nitrogens with zero attached hydrogens (tertiary/aromatic N) is 1. The summed E-state index contributed by atoms with van der Waals surface area (Å²) in [5, 5.41) is 0. The third-order valence-electron chi connectivity index (χ3n) is 6.71. The molecule has 1 aliphatic carbocycles. The van der Waals surface area contributed by atoms with Gasteiger partial charge >= 0.3 is 0 Å². The van der Waals surface area contributed by atoms with Crippen LogP contribution in [-0.4, -0.2) is 38.6 Å². The van der Waals surface area contributed by atoms with Crippen LogP contribution in [0.15, 0.2) is 67.0 Å². The lowest BCUT2D eigenvalue weighted by atomic mass is 10.1. The van der Waals surface area contributed by atoms with Crippen molar-refractivity contribution in [3.8, 4) is 11.5 Å². The first-order valence-corrected chi connectivity index (χ1v) is 13.5. The Bertz CT molecular complexity index is 1070. The number of amides is 1. The molecule has 1 atom stereocenters. The van der Waals surface area contributed by atoms with E-state index in [1.807, 2.05) is 37.3 Å². The quantitative estimate of drug-likeness (QED) is 0.134. The van der Waals surface area contributed by atoms with Gasteiger partial charge in [0.2, 0.25) is 0 Å². The number of allylic oxidation sites excluding steroid dienone is 1. The van der Waals surface area contributed by atoms with Crippen LogP contribution in [0.1, 0.15) is 63.0 Å². The van der Waals surface area contributed by atoms with Crippen molar-refractivity contribution in [3.63, 3.8) is 0 Å². The van der Waals surface area contributed by atoms with E-state index in [9.17, 15) is 4.79 Å². The van der Waals surface area contributed by atoms with Crippen LogP contribution in [-0.2, 0) is 20.7 Å². The number of carbonyl (C=O) groups is 1. The van der Waals surface area contributed by atoms with Gasteiger partial charge in [-0.05, 0) is 98.9 Å². The summed E-state index contributed by atoms with van der Waals surface area (Å²) in [5.74, 6) is 2.19. The van der Waals surface area contributed by atoms with Crippen molar-refractivity contribution in [3.05, 3.63) is 78.1 Å². The lowest BCUT2D eigenvalue weighted by Crippen LogP contribution is -2.34. The van der Waals surface area contributed by atoms with E-state index >= 15 is 0 Å². The Kier molecular flexibility index (Phi) is 9.80. The zero-order valence-corrected chi connectivity index (χ0v) is 22.1. The summed E-state index contributed by atoms with van der Waals surface area (Å²) in [6.07, 6.45) is 9.76. The number of ether oxygens (including phenoxy) is 4. The molecule has 0 radical (unpaired) electrons. The Labute approximate surface area is 220 Å². The molecule has 37 heavy (non-hydrogen) atoms. The highest BCUT2D eigenvalue weighted by atomic mass is 16.7. The molecular weight excluding hydrogens is 466 g/mol. The van der Waals surface area contributed by atoms with Crippen molar-refractivity contribution in [1.29, 1.82) is 0 Å². The van der Waals surface area contributed by atoms with Crippen LogP contribution in [0, 0.1) is 0 Å². The largest absolute Gasteiger partial charge is 0.491 e. The first-order valence-electron chi connectivity index (χ1n) is 13.5. The van der Waals surface area contributed by atoms with Crippen LogP contribution in [0.25, 0.3) is 0 Å². The van der Waals surface area contributed by atoms with Crippen LogP contribution in [0.4, 0.5) is 5.69 Å². The van der Waals surface area contributed by atoms with E-state index < -0.39 is 0 Å². The van der Waals surface area contributed by atoms with Gasteiger partial charge in [-0.15, -0.1) is 6.58 Å². The number of rotatable bonds is 13. The second-order valence-electron chi connectivity index (χ2n) is 9.46. The molecule has 4 rings (SSSR count). The van der Waals surface area contributed by atoms with Crippen molar-refractivity contribution < 1.29 is 23.7 Å². The zero-order chi connectivity index (χ0) is 26.0. The second-order valence-corrected chi connectivity index (χ2v) is 9.46. The lowest BCUT2D eigenvalue weighted by Gasteiger charge is -2.24. The summed E-state index contributed by atoms with van der Waals surface area (Å²) in [6, 6.07) is 13.9. The van der Waals surface area contributed by atoms with Gasteiger partial charge in [-0.3, -0.25) is 4.79 Å². The number of aryl methyl sites for hydroxylation is 1. The van der Waals surface area contributed by atoms with E-state index in [-0.39, 0.29) is 18.0 Å². The predicted molar refractivity (Wildman–Crippen MR) is 146 cm³/mol. The number of hydrogen-bond acceptors (Lipinski definition) is 5. The zero-order valence-electron chi connectivity index (χ0n) is 22.1. The van der Waals surface area contributed by atoms with Crippen molar-refractivity contribution in [2.75, 3.05) is 31.3 Å². The molecule has 0 N–H and O–H groups in total. The molecule has 0 bridgehead atoms. The summed E-state index contributed by atoms with van der Waals surface area (Å²) in [5.41, 5.74) is 3.12. The lowest BCUT2D eigenvalue weighted by molar-refractivity contribution is -0.165. The molecule has 0 spiro atoms. The van der Waals surface area contributed by atoms with Crippen molar-refractivity contribution >= 4 is 11.6 Å². The Hall–Kier alpha value is -3.09. The van der Waals surface area contributed by atoms with Crippen LogP contribution in [0.5, 0.6) is 11.5 Å². The standard InChI is InChI=1S/C31H39NO5/c1-4-18-32(31(33)28(6-3)37-27-15-12-25(13-16-27)24-10-11-24)26-14-17-29(23(5-2)22-26)34-20-21-36-30-9-7-8-19-35-30/h4,6,12-17,22,24,30H,1,5,7-11,18-21H2,2-3H3. The smallest absolute Gasteiger partial charge is 0.293 e. The van der Waals surface area contributed by atoms with Crippen molar-refractivity contribution in [2.24, 2.45) is 0 Å². The van der Waals surface area contributed by atoms with Crippen LogP contribution >= 0.6 is 0 Å². The highest BCUT2D eigenvalue weighted by Gasteiger charge is 2.24. The van der Waals surface area contributed by atoms with Gasteiger partial charge in [0.05, 0.1) is 6.61 Å². The van der Waals surface area contributed by atoms with Crippen LogP contribution in [0.2, 0.25) is 0 Å². The van der Waals surface area contributed by atoms with Gasteiger partial charge in [-0.1, -0.05) is 25.1 Å². The maximum Gasteiger partial charge on any atom is 0.293 e. The molecule has 1 saturated carbocycles. The van der Waals surface area contributed by atoms with Crippen LogP contribution in [0.3, 0.4) is 0 Å². The van der Waals surface area contributed by atoms with Crippen molar-refractivity contribution in [2.45, 2.75) is 64.6 Å². The van der Waals surface area contributed by atoms with Gasteiger partial charge in [-0.25, -0.2) is 0 Å². The fourth-order valence-electron chi connectivity index (χ4n) is 4.47. The van der Waals surface area contributed by atoms with E-state index in [1.54, 1.807) is 17.1 Å². The molecule has 1 heterocycles. The minimum atomic E-state index is -0.217. The summed E-state index contributed by atoms with van der Waals surface area (Å²) >= 11 is 0. The molecule has 6 nitrogen and oxygen atoms in total. The minimum Gasteiger partial charge on any atom is -0.491 e. The second kappa shape index (κ2) is 13.5.